The van der Waals surface area contributed by atoms with Crippen LogP contribution in [0.1, 0.15) is 11.1 Å². The summed E-state index contributed by atoms with van der Waals surface area (Å²) < 4.78 is 0. The third-order valence-electron chi connectivity index (χ3n) is 2.73. The number of halogens is 1. The fourth-order valence-electron chi connectivity index (χ4n) is 1.76. The summed E-state index contributed by atoms with van der Waals surface area (Å²) in [5.74, 6) is -0.657. The molecular formula is C16H15ClO2. The Morgan fingerprint density at radius 2 is 0.947 bits per heavy atom. The van der Waals surface area contributed by atoms with Gasteiger partial charge in [-0.2, -0.15) is 0 Å². The predicted molar refractivity (Wildman–Crippen MR) is 77.6 cm³/mol. The number of Topliss-reactive ketones (excluding diaryl/α,β-unsaturated/α-hetero) is 2. The molecule has 19 heavy (non-hydrogen) atoms. The number of hydrogen-bond acceptors (Lipinski definition) is 2. The molecule has 0 atom stereocenters. The van der Waals surface area contributed by atoms with Gasteiger partial charge >= 0.3 is 0 Å². The molecule has 2 aromatic rings. The Labute approximate surface area is 118 Å². The number of hydrogen-bond donors (Lipinski definition) is 0. The van der Waals surface area contributed by atoms with E-state index in [2.05, 4.69) is 0 Å². The van der Waals surface area contributed by atoms with E-state index in [1.165, 1.54) is 0 Å². The molecule has 2 rings (SSSR count). The highest BCUT2D eigenvalue weighted by Crippen LogP contribution is 2.04. The van der Waals surface area contributed by atoms with Crippen molar-refractivity contribution in [1.82, 2.24) is 0 Å². The number of benzene rings is 2. The fraction of sp³-hybridized carbons (Fsp3) is 0.125. The molecule has 0 fully saturated rings. The standard InChI is InChI=1S/C16H14O2.ClH/c17-15(11-13-7-3-1-4-8-13)16(18)12-14-9-5-2-6-10-14;/h1-10H,11-12H2;1H. The van der Waals surface area contributed by atoms with Crippen LogP contribution in [-0.2, 0) is 22.4 Å². The highest BCUT2D eigenvalue weighted by Gasteiger charge is 2.14. The van der Waals surface area contributed by atoms with E-state index in [9.17, 15) is 9.59 Å². The van der Waals surface area contributed by atoms with E-state index in [0.29, 0.717) is 0 Å². The molecular weight excluding hydrogens is 260 g/mol. The van der Waals surface area contributed by atoms with Gasteiger partial charge in [0.25, 0.3) is 0 Å². The van der Waals surface area contributed by atoms with Crippen LogP contribution in [0.3, 0.4) is 0 Å². The number of rotatable bonds is 5. The SMILES string of the molecule is Cl.O=C(Cc1ccccc1)C(=O)Cc1ccccc1. The van der Waals surface area contributed by atoms with E-state index in [1.807, 2.05) is 60.7 Å². The molecule has 0 bridgehead atoms. The average Bonchev–Trinajstić information content (AvgIpc) is 2.41. The van der Waals surface area contributed by atoms with Crippen molar-refractivity contribution in [3.8, 4) is 0 Å². The fourth-order valence-corrected chi connectivity index (χ4v) is 1.76. The Kier molecular flexibility index (Phi) is 5.97. The van der Waals surface area contributed by atoms with Gasteiger partial charge < -0.3 is 0 Å². The second kappa shape index (κ2) is 7.49. The smallest absolute Gasteiger partial charge is 0.203 e. The van der Waals surface area contributed by atoms with Gasteiger partial charge in [0.05, 0.1) is 0 Å². The third kappa shape index (κ3) is 4.68. The van der Waals surface area contributed by atoms with Gasteiger partial charge in [0, 0.05) is 12.8 Å². The molecule has 0 unspecified atom stereocenters. The first-order valence-electron chi connectivity index (χ1n) is 5.89. The van der Waals surface area contributed by atoms with Gasteiger partial charge in [-0.25, -0.2) is 0 Å². The summed E-state index contributed by atoms with van der Waals surface area (Å²) in [7, 11) is 0. The van der Waals surface area contributed by atoms with E-state index < -0.39 is 0 Å². The van der Waals surface area contributed by atoms with Crippen molar-refractivity contribution in [1.29, 1.82) is 0 Å². The van der Waals surface area contributed by atoms with Gasteiger partial charge in [0.1, 0.15) is 0 Å². The summed E-state index contributed by atoms with van der Waals surface area (Å²) in [5.41, 5.74) is 1.76. The molecule has 0 amide bonds. The molecule has 0 spiro atoms. The minimum atomic E-state index is -0.329. The molecule has 98 valence electrons. The van der Waals surface area contributed by atoms with Crippen LogP contribution in [0.15, 0.2) is 60.7 Å². The molecule has 0 radical (unpaired) electrons. The molecule has 0 aromatic heterocycles. The molecule has 2 nitrogen and oxygen atoms in total. The van der Waals surface area contributed by atoms with Crippen molar-refractivity contribution >= 4 is 24.0 Å². The minimum absolute atomic E-state index is 0. The van der Waals surface area contributed by atoms with Crippen LogP contribution in [0.2, 0.25) is 0 Å². The number of carbonyl (C=O) groups is 2. The quantitative estimate of drug-likeness (QED) is 0.786. The lowest BCUT2D eigenvalue weighted by Crippen LogP contribution is -2.18. The molecule has 0 saturated heterocycles. The second-order valence-electron chi connectivity index (χ2n) is 4.17. The van der Waals surface area contributed by atoms with Gasteiger partial charge in [-0.1, -0.05) is 60.7 Å². The van der Waals surface area contributed by atoms with Crippen molar-refractivity contribution in [2.24, 2.45) is 0 Å². The first-order chi connectivity index (χ1) is 8.75. The van der Waals surface area contributed by atoms with E-state index in [1.54, 1.807) is 0 Å². The highest BCUT2D eigenvalue weighted by atomic mass is 35.5. The zero-order valence-corrected chi connectivity index (χ0v) is 11.2. The molecule has 3 heteroatoms. The van der Waals surface area contributed by atoms with Gasteiger partial charge in [0.2, 0.25) is 11.6 Å². The summed E-state index contributed by atoms with van der Waals surface area (Å²) in [6, 6.07) is 18.7. The van der Waals surface area contributed by atoms with Gasteiger partial charge in [-0.3, -0.25) is 9.59 Å². The Morgan fingerprint density at radius 1 is 0.632 bits per heavy atom. The monoisotopic (exact) mass is 274 g/mol. The van der Waals surface area contributed by atoms with E-state index >= 15 is 0 Å². The Hall–Kier alpha value is -1.93. The van der Waals surface area contributed by atoms with Crippen LogP contribution in [0.25, 0.3) is 0 Å². The molecule has 0 heterocycles. The highest BCUT2D eigenvalue weighted by molar-refractivity contribution is 6.38. The number of carbonyl (C=O) groups excluding carboxylic acids is 2. The van der Waals surface area contributed by atoms with Gasteiger partial charge in [-0.05, 0) is 11.1 Å². The first-order valence-corrected chi connectivity index (χ1v) is 5.89. The maximum atomic E-state index is 11.8. The van der Waals surface area contributed by atoms with Gasteiger partial charge in [0.15, 0.2) is 0 Å². The minimum Gasteiger partial charge on any atom is -0.291 e. The average molecular weight is 275 g/mol. The van der Waals surface area contributed by atoms with Crippen molar-refractivity contribution < 1.29 is 9.59 Å². The van der Waals surface area contributed by atoms with Crippen molar-refractivity contribution in [2.45, 2.75) is 12.8 Å². The summed E-state index contributed by atoms with van der Waals surface area (Å²) >= 11 is 0. The lowest BCUT2D eigenvalue weighted by Gasteiger charge is -2.01. The zero-order valence-electron chi connectivity index (χ0n) is 10.4. The third-order valence-corrected chi connectivity index (χ3v) is 2.73. The predicted octanol–water partition coefficient (Wildman–Crippen LogP) is 3.03. The molecule has 0 aliphatic heterocycles. The van der Waals surface area contributed by atoms with E-state index in [4.69, 9.17) is 0 Å². The van der Waals surface area contributed by atoms with E-state index in [0.717, 1.165) is 11.1 Å². The summed E-state index contributed by atoms with van der Waals surface area (Å²) in [5, 5.41) is 0. The Balaban J connectivity index is 0.00000180. The normalized spacial score (nSPS) is 9.47. The van der Waals surface area contributed by atoms with Crippen molar-refractivity contribution in [3.05, 3.63) is 71.8 Å². The zero-order chi connectivity index (χ0) is 12.8. The Bertz CT molecular complexity index is 484. The van der Waals surface area contributed by atoms with Crippen LogP contribution in [0.5, 0.6) is 0 Å². The maximum Gasteiger partial charge on any atom is 0.203 e. The second-order valence-corrected chi connectivity index (χ2v) is 4.17. The summed E-state index contributed by atoms with van der Waals surface area (Å²) in [6.07, 6.45) is 0.374. The molecule has 2 aromatic carbocycles. The molecule has 0 N–H and O–H groups in total. The summed E-state index contributed by atoms with van der Waals surface area (Å²) in [6.45, 7) is 0. The maximum absolute atomic E-state index is 11.8. The topological polar surface area (TPSA) is 34.1 Å². The first kappa shape index (κ1) is 15.1. The van der Waals surface area contributed by atoms with Gasteiger partial charge in [-0.15, -0.1) is 12.4 Å². The van der Waals surface area contributed by atoms with Crippen LogP contribution in [-0.4, -0.2) is 11.6 Å². The van der Waals surface area contributed by atoms with Crippen molar-refractivity contribution in [3.63, 3.8) is 0 Å². The number of ketones is 2. The lowest BCUT2D eigenvalue weighted by molar-refractivity contribution is -0.135. The largest absolute Gasteiger partial charge is 0.291 e. The summed E-state index contributed by atoms with van der Waals surface area (Å²) in [4.78, 5) is 23.5. The van der Waals surface area contributed by atoms with E-state index in [-0.39, 0.29) is 36.8 Å². The van der Waals surface area contributed by atoms with Crippen LogP contribution in [0.4, 0.5) is 0 Å². The van der Waals surface area contributed by atoms with Crippen molar-refractivity contribution in [2.75, 3.05) is 0 Å². The lowest BCUT2D eigenvalue weighted by atomic mass is 10.0. The Morgan fingerprint density at radius 3 is 1.26 bits per heavy atom. The van der Waals surface area contributed by atoms with Crippen LogP contribution < -0.4 is 0 Å². The molecule has 0 aliphatic carbocycles. The molecule has 0 saturated carbocycles. The van der Waals surface area contributed by atoms with Crippen LogP contribution in [0, 0.1) is 0 Å². The molecule has 0 aliphatic rings. The van der Waals surface area contributed by atoms with Crippen LogP contribution >= 0.6 is 12.4 Å².